The molecule has 5 rings (SSSR count). The third-order valence-electron chi connectivity index (χ3n) is 7.48. The third-order valence-corrected chi connectivity index (χ3v) is 7.48. The van der Waals surface area contributed by atoms with Gasteiger partial charge in [-0.05, 0) is 53.8 Å². The largest absolute Gasteiger partial charge is 0.481 e. The van der Waals surface area contributed by atoms with Crippen LogP contribution < -0.4 is 5.32 Å². The average Bonchev–Trinajstić information content (AvgIpc) is 3.44. The highest BCUT2D eigenvalue weighted by Gasteiger charge is 2.23. The molecule has 0 bridgehead atoms. The number of nitrogens with zero attached hydrogens (tertiary/aromatic N) is 1. The zero-order valence-corrected chi connectivity index (χ0v) is 23.4. The number of hydrogen-bond donors (Lipinski definition) is 3. The minimum atomic E-state index is -0.970. The molecule has 2 amide bonds. The van der Waals surface area contributed by atoms with Crippen LogP contribution in [0.1, 0.15) is 51.2 Å². The number of benzene rings is 4. The van der Waals surface area contributed by atoms with Gasteiger partial charge in [-0.1, -0.05) is 84.9 Å². The van der Waals surface area contributed by atoms with E-state index in [9.17, 15) is 19.5 Å². The summed E-state index contributed by atoms with van der Waals surface area (Å²) in [6, 6.07) is 31.9. The van der Waals surface area contributed by atoms with Crippen molar-refractivity contribution in [3.05, 3.63) is 132 Å². The van der Waals surface area contributed by atoms with Crippen LogP contribution in [0.3, 0.4) is 0 Å². The Morgan fingerprint density at radius 1 is 0.786 bits per heavy atom. The SMILES string of the molecule is CC(NC(=O)c1ccccc1-c1ccccc1C(=O)N(CCC(=O)O)CCc1c[nH]c2ccccc12)c1ccccc1. The van der Waals surface area contributed by atoms with Crippen molar-refractivity contribution in [3.8, 4) is 11.1 Å². The van der Waals surface area contributed by atoms with E-state index >= 15 is 0 Å². The number of carbonyl (C=O) groups excluding carboxylic acids is 2. The number of amides is 2. The zero-order valence-electron chi connectivity index (χ0n) is 23.4. The van der Waals surface area contributed by atoms with Gasteiger partial charge in [0.05, 0.1) is 12.5 Å². The van der Waals surface area contributed by atoms with Crippen molar-refractivity contribution in [2.45, 2.75) is 25.8 Å². The van der Waals surface area contributed by atoms with E-state index in [-0.39, 0.29) is 30.8 Å². The van der Waals surface area contributed by atoms with Gasteiger partial charge in [0, 0.05) is 41.3 Å². The molecule has 0 spiro atoms. The van der Waals surface area contributed by atoms with E-state index in [1.807, 2.05) is 92.0 Å². The predicted molar refractivity (Wildman–Crippen MR) is 164 cm³/mol. The monoisotopic (exact) mass is 559 g/mol. The first-order chi connectivity index (χ1) is 20.4. The fourth-order valence-corrected chi connectivity index (χ4v) is 5.23. The van der Waals surface area contributed by atoms with E-state index in [0.29, 0.717) is 35.2 Å². The highest BCUT2D eigenvalue weighted by Crippen LogP contribution is 2.29. The number of nitrogens with one attached hydrogen (secondary N) is 2. The van der Waals surface area contributed by atoms with E-state index in [1.165, 1.54) is 0 Å². The molecule has 1 atom stereocenters. The Bertz CT molecular complexity index is 1710. The number of carboxylic acids is 1. The third kappa shape index (κ3) is 6.41. The predicted octanol–water partition coefficient (Wildman–Crippen LogP) is 6.49. The Morgan fingerprint density at radius 2 is 1.40 bits per heavy atom. The summed E-state index contributed by atoms with van der Waals surface area (Å²) in [4.78, 5) is 43.9. The van der Waals surface area contributed by atoms with Gasteiger partial charge in [-0.25, -0.2) is 0 Å². The van der Waals surface area contributed by atoms with Crippen LogP contribution in [0.2, 0.25) is 0 Å². The van der Waals surface area contributed by atoms with Crippen LogP contribution in [0.5, 0.6) is 0 Å². The molecular formula is C35H33N3O4. The smallest absolute Gasteiger partial charge is 0.305 e. The summed E-state index contributed by atoms with van der Waals surface area (Å²) in [6.45, 7) is 2.35. The minimum Gasteiger partial charge on any atom is -0.481 e. The minimum absolute atomic E-state index is 0.0710. The van der Waals surface area contributed by atoms with Gasteiger partial charge in [0.1, 0.15) is 0 Å². The lowest BCUT2D eigenvalue weighted by Crippen LogP contribution is -2.35. The fourth-order valence-electron chi connectivity index (χ4n) is 5.23. The Kier molecular flexibility index (Phi) is 8.78. The van der Waals surface area contributed by atoms with Crippen molar-refractivity contribution in [2.24, 2.45) is 0 Å². The van der Waals surface area contributed by atoms with Crippen molar-refractivity contribution >= 4 is 28.7 Å². The first kappa shape index (κ1) is 28.4. The van der Waals surface area contributed by atoms with Crippen LogP contribution in [0.4, 0.5) is 0 Å². The van der Waals surface area contributed by atoms with Gasteiger partial charge in [-0.2, -0.15) is 0 Å². The van der Waals surface area contributed by atoms with Gasteiger partial charge in [-0.15, -0.1) is 0 Å². The van der Waals surface area contributed by atoms with Crippen LogP contribution in [0, 0.1) is 0 Å². The number of carbonyl (C=O) groups is 3. The molecular weight excluding hydrogens is 526 g/mol. The molecule has 0 saturated heterocycles. The molecule has 1 aromatic heterocycles. The molecule has 0 saturated carbocycles. The number of carboxylic acid groups (broad SMARTS) is 1. The van der Waals surface area contributed by atoms with Gasteiger partial charge >= 0.3 is 5.97 Å². The van der Waals surface area contributed by atoms with E-state index in [2.05, 4.69) is 10.3 Å². The summed E-state index contributed by atoms with van der Waals surface area (Å²) in [6.07, 6.45) is 2.33. The first-order valence-electron chi connectivity index (χ1n) is 14.0. The van der Waals surface area contributed by atoms with Crippen molar-refractivity contribution in [2.75, 3.05) is 13.1 Å². The molecule has 3 N–H and O–H groups in total. The molecule has 5 aromatic rings. The fraction of sp³-hybridized carbons (Fsp3) is 0.171. The number of para-hydroxylation sites is 1. The summed E-state index contributed by atoms with van der Waals surface area (Å²) < 4.78 is 0. The highest BCUT2D eigenvalue weighted by atomic mass is 16.4. The Morgan fingerprint density at radius 3 is 2.14 bits per heavy atom. The highest BCUT2D eigenvalue weighted by molar-refractivity contribution is 6.06. The maximum atomic E-state index is 14.0. The van der Waals surface area contributed by atoms with Crippen LogP contribution in [-0.2, 0) is 11.2 Å². The summed E-state index contributed by atoms with van der Waals surface area (Å²) in [5, 5.41) is 13.6. The number of hydrogen-bond acceptors (Lipinski definition) is 3. The Labute approximate surface area is 244 Å². The van der Waals surface area contributed by atoms with Crippen LogP contribution >= 0.6 is 0 Å². The molecule has 1 unspecified atom stereocenters. The van der Waals surface area contributed by atoms with E-state index < -0.39 is 5.97 Å². The molecule has 7 nitrogen and oxygen atoms in total. The van der Waals surface area contributed by atoms with Crippen LogP contribution in [0.15, 0.2) is 109 Å². The van der Waals surface area contributed by atoms with E-state index in [0.717, 1.165) is 22.0 Å². The standard InChI is InChI=1S/C35H33N3O4/c1-24(25-11-3-2-4-12-25)37-34(41)30-16-7-5-14-28(30)29-15-6-8-17-31(29)35(42)38(22-20-33(39)40)21-19-26-23-36-32-18-10-9-13-27(26)32/h2-18,23-24,36H,19-22H2,1H3,(H,37,41)(H,39,40). The second kappa shape index (κ2) is 13.0. The quantitative estimate of drug-likeness (QED) is 0.172. The lowest BCUT2D eigenvalue weighted by Gasteiger charge is -2.24. The molecule has 0 aliphatic carbocycles. The van der Waals surface area contributed by atoms with Crippen molar-refractivity contribution in [1.29, 1.82) is 0 Å². The number of H-pyrrole nitrogens is 1. The lowest BCUT2D eigenvalue weighted by atomic mass is 9.94. The molecule has 4 aromatic carbocycles. The lowest BCUT2D eigenvalue weighted by molar-refractivity contribution is -0.137. The van der Waals surface area contributed by atoms with Gasteiger partial charge in [0.15, 0.2) is 0 Å². The van der Waals surface area contributed by atoms with Gasteiger partial charge in [0.2, 0.25) is 0 Å². The van der Waals surface area contributed by atoms with Crippen LogP contribution in [-0.4, -0.2) is 45.9 Å². The van der Waals surface area contributed by atoms with E-state index in [4.69, 9.17) is 0 Å². The maximum Gasteiger partial charge on any atom is 0.305 e. The molecule has 0 radical (unpaired) electrons. The molecule has 7 heteroatoms. The molecule has 1 heterocycles. The van der Waals surface area contributed by atoms with Gasteiger partial charge < -0.3 is 20.3 Å². The van der Waals surface area contributed by atoms with Crippen molar-refractivity contribution in [1.82, 2.24) is 15.2 Å². The first-order valence-corrected chi connectivity index (χ1v) is 14.0. The van der Waals surface area contributed by atoms with Gasteiger partial charge in [0.25, 0.3) is 11.8 Å². The van der Waals surface area contributed by atoms with Gasteiger partial charge in [-0.3, -0.25) is 14.4 Å². The Hall–Kier alpha value is -5.17. The zero-order chi connectivity index (χ0) is 29.5. The summed E-state index contributed by atoms with van der Waals surface area (Å²) in [5.74, 6) is -1.49. The molecule has 212 valence electrons. The normalized spacial score (nSPS) is 11.6. The average molecular weight is 560 g/mol. The number of aliphatic carboxylic acids is 1. The topological polar surface area (TPSA) is 102 Å². The van der Waals surface area contributed by atoms with Crippen molar-refractivity contribution < 1.29 is 19.5 Å². The maximum absolute atomic E-state index is 14.0. The summed E-state index contributed by atoms with van der Waals surface area (Å²) in [5.41, 5.74) is 5.18. The molecule has 0 aliphatic heterocycles. The summed E-state index contributed by atoms with van der Waals surface area (Å²) in [7, 11) is 0. The number of aromatic nitrogens is 1. The van der Waals surface area contributed by atoms with Crippen molar-refractivity contribution in [3.63, 3.8) is 0 Å². The number of rotatable bonds is 11. The Balaban J connectivity index is 1.43. The molecule has 0 fully saturated rings. The number of aromatic amines is 1. The van der Waals surface area contributed by atoms with E-state index in [1.54, 1.807) is 29.2 Å². The second-order valence-electron chi connectivity index (χ2n) is 10.2. The molecule has 42 heavy (non-hydrogen) atoms. The number of fused-ring (bicyclic) bond motifs is 1. The summed E-state index contributed by atoms with van der Waals surface area (Å²) >= 11 is 0. The second-order valence-corrected chi connectivity index (χ2v) is 10.2. The van der Waals surface area contributed by atoms with Crippen LogP contribution in [0.25, 0.3) is 22.0 Å². The molecule has 0 aliphatic rings.